The molecule has 0 saturated heterocycles. The van der Waals surface area contributed by atoms with Crippen molar-refractivity contribution in [3.05, 3.63) is 71.6 Å². The van der Waals surface area contributed by atoms with E-state index in [4.69, 9.17) is 4.74 Å². The van der Waals surface area contributed by atoms with E-state index in [-0.39, 0.29) is 12.6 Å². The first kappa shape index (κ1) is 16.3. The summed E-state index contributed by atoms with van der Waals surface area (Å²) in [5.41, 5.74) is 0.835. The van der Waals surface area contributed by atoms with Crippen LogP contribution >= 0.6 is 0 Å². The van der Waals surface area contributed by atoms with E-state index < -0.39 is 10.0 Å². The van der Waals surface area contributed by atoms with Crippen molar-refractivity contribution in [3.8, 4) is 5.75 Å². The quantitative estimate of drug-likeness (QED) is 0.854. The third-order valence-corrected chi connectivity index (χ3v) is 3.96. The van der Waals surface area contributed by atoms with Crippen molar-refractivity contribution in [2.75, 3.05) is 6.54 Å². The lowest BCUT2D eigenvalue weighted by Crippen LogP contribution is -2.32. The van der Waals surface area contributed by atoms with Gasteiger partial charge < -0.3 is 4.74 Å². The van der Waals surface area contributed by atoms with Crippen molar-refractivity contribution in [1.29, 1.82) is 0 Å². The maximum atomic E-state index is 11.9. The van der Waals surface area contributed by atoms with Crippen molar-refractivity contribution in [3.63, 3.8) is 0 Å². The van der Waals surface area contributed by atoms with Crippen LogP contribution in [0.1, 0.15) is 12.5 Å². The molecule has 2 aromatic carbocycles. The third-order valence-electron chi connectivity index (χ3n) is 2.89. The van der Waals surface area contributed by atoms with Gasteiger partial charge in [0.25, 0.3) is 0 Å². The van der Waals surface area contributed by atoms with Crippen LogP contribution in [-0.2, 0) is 10.0 Å². The van der Waals surface area contributed by atoms with Crippen LogP contribution in [0.25, 0.3) is 6.08 Å². The number of ether oxygens (including phenoxy) is 1. The van der Waals surface area contributed by atoms with E-state index in [1.54, 1.807) is 6.08 Å². The molecule has 0 radical (unpaired) electrons. The second-order valence-corrected chi connectivity index (χ2v) is 6.50. The fourth-order valence-electron chi connectivity index (χ4n) is 1.79. The Morgan fingerprint density at radius 1 is 1.05 bits per heavy atom. The lowest BCUT2D eigenvalue weighted by Gasteiger charge is -2.14. The molecule has 0 aliphatic heterocycles. The molecule has 1 unspecified atom stereocenters. The zero-order valence-corrected chi connectivity index (χ0v) is 13.2. The molecule has 4 nitrogen and oxygen atoms in total. The molecular weight excluding hydrogens is 298 g/mol. The van der Waals surface area contributed by atoms with Crippen LogP contribution in [0.2, 0.25) is 0 Å². The Morgan fingerprint density at radius 2 is 1.64 bits per heavy atom. The van der Waals surface area contributed by atoms with Gasteiger partial charge in [0.15, 0.2) is 0 Å². The largest absolute Gasteiger partial charge is 0.489 e. The Hall–Kier alpha value is -2.11. The molecule has 0 saturated carbocycles. The van der Waals surface area contributed by atoms with Crippen molar-refractivity contribution in [1.82, 2.24) is 4.72 Å². The number of hydrogen-bond donors (Lipinski definition) is 1. The summed E-state index contributed by atoms with van der Waals surface area (Å²) in [5.74, 6) is 0.717. The lowest BCUT2D eigenvalue weighted by atomic mass is 10.2. The predicted octanol–water partition coefficient (Wildman–Crippen LogP) is 3.04. The molecule has 1 atom stereocenters. The summed E-state index contributed by atoms with van der Waals surface area (Å²) in [5, 5.41) is 1.16. The number of para-hydroxylation sites is 1. The van der Waals surface area contributed by atoms with E-state index in [0.29, 0.717) is 5.75 Å². The van der Waals surface area contributed by atoms with Gasteiger partial charge in [0.1, 0.15) is 11.9 Å². The molecule has 0 amide bonds. The van der Waals surface area contributed by atoms with E-state index in [9.17, 15) is 8.42 Å². The second-order valence-electron chi connectivity index (χ2n) is 4.85. The minimum Gasteiger partial charge on any atom is -0.489 e. The Balaban J connectivity index is 1.86. The van der Waals surface area contributed by atoms with E-state index in [2.05, 4.69) is 4.72 Å². The molecule has 0 bridgehead atoms. The smallest absolute Gasteiger partial charge is 0.233 e. The van der Waals surface area contributed by atoms with Crippen LogP contribution in [-0.4, -0.2) is 21.1 Å². The van der Waals surface area contributed by atoms with Crippen LogP contribution in [0.5, 0.6) is 5.75 Å². The van der Waals surface area contributed by atoms with Crippen LogP contribution in [0.4, 0.5) is 0 Å². The first-order chi connectivity index (χ1) is 10.6. The average molecular weight is 317 g/mol. The standard InChI is InChI=1S/C17H19NO3S/c1-15(21-17-10-6-3-7-11-17)14-18-22(19,20)13-12-16-8-4-2-5-9-16/h2-13,15,18H,14H2,1H3/b13-12+. The zero-order valence-electron chi connectivity index (χ0n) is 12.3. The summed E-state index contributed by atoms with van der Waals surface area (Å²) < 4.78 is 31.9. The normalized spacial score (nSPS) is 13.1. The van der Waals surface area contributed by atoms with E-state index in [1.807, 2.05) is 67.6 Å². The molecule has 2 aromatic rings. The second kappa shape index (κ2) is 7.77. The van der Waals surface area contributed by atoms with Gasteiger partial charge in [0.2, 0.25) is 10.0 Å². The lowest BCUT2D eigenvalue weighted by molar-refractivity contribution is 0.225. The minimum absolute atomic E-state index is 0.205. The summed E-state index contributed by atoms with van der Waals surface area (Å²) in [6.07, 6.45) is 1.30. The fraction of sp³-hybridized carbons (Fsp3) is 0.176. The van der Waals surface area contributed by atoms with E-state index in [0.717, 1.165) is 11.0 Å². The highest BCUT2D eigenvalue weighted by molar-refractivity contribution is 7.92. The fourth-order valence-corrected chi connectivity index (χ4v) is 2.69. The first-order valence-corrected chi connectivity index (χ1v) is 8.54. The van der Waals surface area contributed by atoms with Crippen molar-refractivity contribution in [2.24, 2.45) is 0 Å². The van der Waals surface area contributed by atoms with Gasteiger partial charge in [-0.25, -0.2) is 13.1 Å². The van der Waals surface area contributed by atoms with Gasteiger partial charge in [-0.1, -0.05) is 48.5 Å². The van der Waals surface area contributed by atoms with Gasteiger partial charge in [0, 0.05) is 12.0 Å². The summed E-state index contributed by atoms with van der Waals surface area (Å²) in [6, 6.07) is 18.6. The maximum Gasteiger partial charge on any atom is 0.233 e. The van der Waals surface area contributed by atoms with E-state index in [1.165, 1.54) is 0 Å². The van der Waals surface area contributed by atoms with Crippen molar-refractivity contribution >= 4 is 16.1 Å². The van der Waals surface area contributed by atoms with Gasteiger partial charge in [-0.15, -0.1) is 0 Å². The highest BCUT2D eigenvalue weighted by Crippen LogP contribution is 2.10. The summed E-state index contributed by atoms with van der Waals surface area (Å²) >= 11 is 0. The molecule has 0 fully saturated rings. The molecule has 0 spiro atoms. The Bertz CT molecular complexity index is 697. The van der Waals surface area contributed by atoms with E-state index >= 15 is 0 Å². The molecule has 22 heavy (non-hydrogen) atoms. The SMILES string of the molecule is CC(CNS(=O)(=O)/C=C/c1ccccc1)Oc1ccccc1. The molecule has 0 aliphatic rings. The van der Waals surface area contributed by atoms with Crippen LogP contribution < -0.4 is 9.46 Å². The molecular formula is C17H19NO3S. The third kappa shape index (κ3) is 5.71. The number of hydrogen-bond acceptors (Lipinski definition) is 3. The minimum atomic E-state index is -3.48. The zero-order chi connectivity index (χ0) is 15.8. The number of sulfonamides is 1. The summed E-state index contributed by atoms with van der Waals surface area (Å²) in [4.78, 5) is 0. The van der Waals surface area contributed by atoms with Crippen LogP contribution in [0, 0.1) is 0 Å². The number of rotatable bonds is 7. The molecule has 1 N–H and O–H groups in total. The van der Waals surface area contributed by atoms with Gasteiger partial charge in [-0.3, -0.25) is 0 Å². The number of nitrogens with one attached hydrogen (secondary N) is 1. The van der Waals surface area contributed by atoms with Crippen molar-refractivity contribution < 1.29 is 13.2 Å². The van der Waals surface area contributed by atoms with Crippen LogP contribution in [0.15, 0.2) is 66.1 Å². The monoisotopic (exact) mass is 317 g/mol. The summed E-state index contributed by atoms with van der Waals surface area (Å²) in [6.45, 7) is 2.02. The highest BCUT2D eigenvalue weighted by Gasteiger charge is 2.09. The first-order valence-electron chi connectivity index (χ1n) is 7.00. The molecule has 0 heterocycles. The molecule has 2 rings (SSSR count). The van der Waals surface area contributed by atoms with Gasteiger partial charge in [-0.2, -0.15) is 0 Å². The topological polar surface area (TPSA) is 55.4 Å². The number of benzene rings is 2. The molecule has 0 aromatic heterocycles. The molecule has 116 valence electrons. The van der Waals surface area contributed by atoms with Crippen molar-refractivity contribution in [2.45, 2.75) is 13.0 Å². The average Bonchev–Trinajstić information content (AvgIpc) is 2.53. The predicted molar refractivity (Wildman–Crippen MR) is 88.9 cm³/mol. The Labute approximate surface area is 131 Å². The summed E-state index contributed by atoms with van der Waals surface area (Å²) in [7, 11) is -3.48. The molecule has 5 heteroatoms. The van der Waals surface area contributed by atoms with Gasteiger partial charge in [0.05, 0.1) is 0 Å². The molecule has 0 aliphatic carbocycles. The Kier molecular flexibility index (Phi) is 5.75. The highest BCUT2D eigenvalue weighted by atomic mass is 32.2. The van der Waals surface area contributed by atoms with Gasteiger partial charge >= 0.3 is 0 Å². The Morgan fingerprint density at radius 3 is 2.27 bits per heavy atom. The van der Waals surface area contributed by atoms with Gasteiger partial charge in [-0.05, 0) is 30.7 Å². The maximum absolute atomic E-state index is 11.9. The van der Waals surface area contributed by atoms with Crippen LogP contribution in [0.3, 0.4) is 0 Å².